The highest BCUT2D eigenvalue weighted by atomic mass is 32.1. The van der Waals surface area contributed by atoms with Gasteiger partial charge in [-0.1, -0.05) is 54.7 Å². The van der Waals surface area contributed by atoms with Crippen molar-refractivity contribution in [1.29, 1.82) is 0 Å². The van der Waals surface area contributed by atoms with Crippen molar-refractivity contribution in [3.05, 3.63) is 66.2 Å². The third-order valence-corrected chi connectivity index (χ3v) is 4.27. The minimum absolute atomic E-state index is 0.830. The SMILES string of the molecule is COc1ccc2cc(-c3ccccc3)cc(CCNC(C)=S)c2c1. The van der Waals surface area contributed by atoms with Gasteiger partial charge in [0.25, 0.3) is 0 Å². The van der Waals surface area contributed by atoms with E-state index in [1.807, 2.05) is 19.1 Å². The van der Waals surface area contributed by atoms with E-state index < -0.39 is 0 Å². The Morgan fingerprint density at radius 2 is 1.79 bits per heavy atom. The molecule has 3 heteroatoms. The lowest BCUT2D eigenvalue weighted by Gasteiger charge is -2.13. The molecule has 3 rings (SSSR count). The first-order valence-electron chi connectivity index (χ1n) is 8.08. The Labute approximate surface area is 148 Å². The van der Waals surface area contributed by atoms with Gasteiger partial charge in [-0.25, -0.2) is 0 Å². The molecule has 1 N–H and O–H groups in total. The monoisotopic (exact) mass is 335 g/mol. The predicted molar refractivity (Wildman–Crippen MR) is 106 cm³/mol. The van der Waals surface area contributed by atoms with Crippen molar-refractivity contribution in [1.82, 2.24) is 5.32 Å². The summed E-state index contributed by atoms with van der Waals surface area (Å²) < 4.78 is 5.40. The standard InChI is InChI=1S/C21H21NOS/c1-15(24)22-11-10-18-13-19(16-6-4-3-5-7-16)12-17-8-9-20(23-2)14-21(17)18/h3-9,12-14H,10-11H2,1-2H3,(H,22,24). The van der Waals surface area contributed by atoms with Crippen LogP contribution < -0.4 is 10.1 Å². The van der Waals surface area contributed by atoms with Gasteiger partial charge in [-0.15, -0.1) is 0 Å². The summed E-state index contributed by atoms with van der Waals surface area (Å²) >= 11 is 5.12. The Kier molecular flexibility index (Phi) is 5.11. The van der Waals surface area contributed by atoms with Gasteiger partial charge in [-0.3, -0.25) is 0 Å². The van der Waals surface area contributed by atoms with Crippen LogP contribution in [0, 0.1) is 0 Å². The zero-order valence-electron chi connectivity index (χ0n) is 14.0. The van der Waals surface area contributed by atoms with Gasteiger partial charge < -0.3 is 10.1 Å². The fraction of sp³-hybridized carbons (Fsp3) is 0.190. The van der Waals surface area contributed by atoms with E-state index in [1.54, 1.807) is 7.11 Å². The molecule has 122 valence electrons. The zero-order valence-corrected chi connectivity index (χ0v) is 14.8. The summed E-state index contributed by atoms with van der Waals surface area (Å²) in [5.74, 6) is 0.884. The molecule has 24 heavy (non-hydrogen) atoms. The molecule has 0 aromatic heterocycles. The Morgan fingerprint density at radius 1 is 1.00 bits per heavy atom. The molecule has 3 aromatic rings. The normalized spacial score (nSPS) is 10.6. The lowest BCUT2D eigenvalue weighted by molar-refractivity contribution is 0.415. The van der Waals surface area contributed by atoms with Crippen LogP contribution >= 0.6 is 12.2 Å². The Balaban J connectivity index is 2.07. The largest absolute Gasteiger partial charge is 0.497 e. The second-order valence-corrected chi connectivity index (χ2v) is 6.43. The van der Waals surface area contributed by atoms with Crippen LogP contribution in [0.1, 0.15) is 12.5 Å². The maximum Gasteiger partial charge on any atom is 0.119 e. The third-order valence-electron chi connectivity index (χ3n) is 4.12. The molecule has 0 fully saturated rings. The molecule has 0 atom stereocenters. The summed E-state index contributed by atoms with van der Waals surface area (Å²) in [6.45, 7) is 2.75. The van der Waals surface area contributed by atoms with Crippen LogP contribution in [-0.2, 0) is 6.42 Å². The molecule has 2 nitrogen and oxygen atoms in total. The molecule has 0 bridgehead atoms. The summed E-state index contributed by atoms with van der Waals surface area (Å²) in [6.07, 6.45) is 0.915. The van der Waals surface area contributed by atoms with Crippen LogP contribution in [0.3, 0.4) is 0 Å². The first kappa shape index (κ1) is 16.5. The highest BCUT2D eigenvalue weighted by molar-refractivity contribution is 7.80. The molecular weight excluding hydrogens is 314 g/mol. The number of ether oxygens (including phenoxy) is 1. The number of nitrogens with one attached hydrogen (secondary N) is 1. The van der Waals surface area contributed by atoms with Gasteiger partial charge in [0.2, 0.25) is 0 Å². The van der Waals surface area contributed by atoms with E-state index in [9.17, 15) is 0 Å². The van der Waals surface area contributed by atoms with Crippen molar-refractivity contribution >= 4 is 28.0 Å². The molecule has 3 aromatic carbocycles. The van der Waals surface area contributed by atoms with E-state index in [1.165, 1.54) is 27.5 Å². The van der Waals surface area contributed by atoms with Gasteiger partial charge in [0.05, 0.1) is 12.1 Å². The number of thiocarbonyl (C=S) groups is 1. The molecule has 0 saturated heterocycles. The minimum atomic E-state index is 0.830. The molecule has 0 aliphatic heterocycles. The number of rotatable bonds is 5. The molecule has 0 heterocycles. The van der Waals surface area contributed by atoms with Crippen LogP contribution in [0.5, 0.6) is 5.75 Å². The molecule has 0 saturated carbocycles. The van der Waals surface area contributed by atoms with Crippen molar-refractivity contribution in [2.24, 2.45) is 0 Å². The van der Waals surface area contributed by atoms with Gasteiger partial charge in [-0.05, 0) is 59.0 Å². The Morgan fingerprint density at radius 3 is 2.50 bits per heavy atom. The van der Waals surface area contributed by atoms with Crippen LogP contribution in [0.2, 0.25) is 0 Å². The van der Waals surface area contributed by atoms with E-state index in [-0.39, 0.29) is 0 Å². The Bertz CT molecular complexity index is 858. The van der Waals surface area contributed by atoms with Gasteiger partial charge >= 0.3 is 0 Å². The maximum absolute atomic E-state index is 5.40. The number of hydrogen-bond donors (Lipinski definition) is 1. The summed E-state index contributed by atoms with van der Waals surface area (Å²) in [5.41, 5.74) is 3.77. The smallest absolute Gasteiger partial charge is 0.119 e. The first-order chi connectivity index (χ1) is 11.7. The van der Waals surface area contributed by atoms with Crippen molar-refractivity contribution in [2.45, 2.75) is 13.3 Å². The molecular formula is C21H21NOS. The topological polar surface area (TPSA) is 21.3 Å². The van der Waals surface area contributed by atoms with E-state index in [4.69, 9.17) is 17.0 Å². The van der Waals surface area contributed by atoms with Crippen LogP contribution in [0.25, 0.3) is 21.9 Å². The second-order valence-electron chi connectivity index (χ2n) is 5.82. The lowest BCUT2D eigenvalue weighted by atomic mass is 9.95. The summed E-state index contributed by atoms with van der Waals surface area (Å²) in [4.78, 5) is 0.830. The lowest BCUT2D eigenvalue weighted by Crippen LogP contribution is -2.20. The average molecular weight is 335 g/mol. The van der Waals surface area contributed by atoms with Crippen molar-refractivity contribution in [3.63, 3.8) is 0 Å². The van der Waals surface area contributed by atoms with Crippen LogP contribution in [0.4, 0.5) is 0 Å². The van der Waals surface area contributed by atoms with E-state index >= 15 is 0 Å². The predicted octanol–water partition coefficient (Wildman–Crippen LogP) is 4.99. The van der Waals surface area contributed by atoms with E-state index in [0.717, 1.165) is 23.7 Å². The number of fused-ring (bicyclic) bond motifs is 1. The molecule has 0 unspecified atom stereocenters. The highest BCUT2D eigenvalue weighted by Gasteiger charge is 2.07. The number of hydrogen-bond acceptors (Lipinski definition) is 2. The minimum Gasteiger partial charge on any atom is -0.497 e. The van der Waals surface area contributed by atoms with Crippen LogP contribution in [-0.4, -0.2) is 18.6 Å². The van der Waals surface area contributed by atoms with Gasteiger partial charge in [-0.2, -0.15) is 0 Å². The van der Waals surface area contributed by atoms with Gasteiger partial charge in [0, 0.05) is 6.54 Å². The van der Waals surface area contributed by atoms with Gasteiger partial charge in [0.1, 0.15) is 5.75 Å². The third kappa shape index (κ3) is 3.74. The fourth-order valence-corrected chi connectivity index (χ4v) is 3.02. The molecule has 0 radical (unpaired) electrons. The zero-order chi connectivity index (χ0) is 16.9. The van der Waals surface area contributed by atoms with E-state index in [2.05, 4.69) is 53.8 Å². The number of benzene rings is 3. The fourth-order valence-electron chi connectivity index (χ4n) is 2.92. The Hall–Kier alpha value is -2.39. The van der Waals surface area contributed by atoms with Crippen molar-refractivity contribution in [2.75, 3.05) is 13.7 Å². The van der Waals surface area contributed by atoms with Crippen molar-refractivity contribution < 1.29 is 4.74 Å². The maximum atomic E-state index is 5.40. The summed E-state index contributed by atoms with van der Waals surface area (Å²) in [6, 6.07) is 21.3. The highest BCUT2D eigenvalue weighted by Crippen LogP contribution is 2.30. The van der Waals surface area contributed by atoms with Gasteiger partial charge in [0.15, 0.2) is 0 Å². The van der Waals surface area contributed by atoms with Crippen molar-refractivity contribution in [3.8, 4) is 16.9 Å². The van der Waals surface area contributed by atoms with E-state index in [0.29, 0.717) is 0 Å². The average Bonchev–Trinajstić information content (AvgIpc) is 2.61. The molecule has 0 aliphatic rings. The van der Waals surface area contributed by atoms with Crippen LogP contribution in [0.15, 0.2) is 60.7 Å². The molecule has 0 amide bonds. The summed E-state index contributed by atoms with van der Waals surface area (Å²) in [7, 11) is 1.70. The first-order valence-corrected chi connectivity index (χ1v) is 8.49. The molecule has 0 spiro atoms. The molecule has 0 aliphatic carbocycles. The summed E-state index contributed by atoms with van der Waals surface area (Å²) in [5, 5.41) is 5.71. The quantitative estimate of drug-likeness (QED) is 0.663. The second kappa shape index (κ2) is 7.45. The number of methoxy groups -OCH3 is 1.